The van der Waals surface area contributed by atoms with Crippen LogP contribution in [-0.2, 0) is 21.3 Å². The highest BCUT2D eigenvalue weighted by atomic mass is 32.2. The average molecular weight is 288 g/mol. The van der Waals surface area contributed by atoms with Gasteiger partial charge in [0.25, 0.3) is 0 Å². The van der Waals surface area contributed by atoms with E-state index in [1.165, 1.54) is 0 Å². The third-order valence-electron chi connectivity index (χ3n) is 3.15. The molecule has 2 aromatic rings. The van der Waals surface area contributed by atoms with Crippen molar-refractivity contribution in [2.45, 2.75) is 23.5 Å². The van der Waals surface area contributed by atoms with Gasteiger partial charge < -0.3 is 5.11 Å². The summed E-state index contributed by atoms with van der Waals surface area (Å²) in [6.45, 7) is 1.65. The predicted octanol–water partition coefficient (Wildman–Crippen LogP) is 3.18. The van der Waals surface area contributed by atoms with Crippen LogP contribution in [0.5, 0.6) is 0 Å². The van der Waals surface area contributed by atoms with E-state index in [0.717, 1.165) is 16.0 Å². The van der Waals surface area contributed by atoms with Gasteiger partial charge in [0, 0.05) is 4.90 Å². The van der Waals surface area contributed by atoms with Crippen molar-refractivity contribution in [3.63, 3.8) is 0 Å². The van der Waals surface area contributed by atoms with Gasteiger partial charge >= 0.3 is 5.97 Å². The van der Waals surface area contributed by atoms with E-state index in [1.54, 1.807) is 19.1 Å². The summed E-state index contributed by atoms with van der Waals surface area (Å²) in [5.41, 5.74) is 1.69. The molecule has 2 aromatic carbocycles. The summed E-state index contributed by atoms with van der Waals surface area (Å²) in [6.07, 6.45) is 0. The first kappa shape index (κ1) is 14.5. The number of hydrogen-bond acceptors (Lipinski definition) is 2. The summed E-state index contributed by atoms with van der Waals surface area (Å²) in [6, 6.07) is 16.6. The van der Waals surface area contributed by atoms with E-state index in [-0.39, 0.29) is 0 Å². The van der Waals surface area contributed by atoms with Gasteiger partial charge in [-0.3, -0.25) is 9.00 Å². The number of hydrogen-bond donors (Lipinski definition) is 1. The molecular weight excluding hydrogens is 272 g/mol. The van der Waals surface area contributed by atoms with E-state index in [4.69, 9.17) is 5.11 Å². The topological polar surface area (TPSA) is 54.4 Å². The standard InChI is InChI=1S/C16H16O3S/c1-12(16(17)18)14-9-7-13(8-10-14)11-20(19)15-5-3-2-4-6-15/h2-10,12H,11H2,1H3,(H,17,18). The SMILES string of the molecule is CC(C(=O)O)c1ccc(CS(=O)c2ccccc2)cc1. The van der Waals surface area contributed by atoms with E-state index >= 15 is 0 Å². The smallest absolute Gasteiger partial charge is 0.310 e. The van der Waals surface area contributed by atoms with Gasteiger partial charge in [-0.15, -0.1) is 0 Å². The monoisotopic (exact) mass is 288 g/mol. The fourth-order valence-electron chi connectivity index (χ4n) is 1.85. The second-order valence-corrected chi connectivity index (χ2v) is 6.06. The average Bonchev–Trinajstić information content (AvgIpc) is 2.48. The van der Waals surface area contributed by atoms with Gasteiger partial charge in [0.2, 0.25) is 0 Å². The Kier molecular flexibility index (Phi) is 4.69. The minimum absolute atomic E-state index is 0.436. The third-order valence-corrected chi connectivity index (χ3v) is 4.55. The summed E-state index contributed by atoms with van der Waals surface area (Å²) in [7, 11) is -1.08. The van der Waals surface area contributed by atoms with Crippen LogP contribution in [0.3, 0.4) is 0 Å². The van der Waals surface area contributed by atoms with E-state index in [0.29, 0.717) is 5.75 Å². The molecule has 0 radical (unpaired) electrons. The molecule has 2 atom stereocenters. The van der Waals surface area contributed by atoms with Crippen molar-refractivity contribution in [3.8, 4) is 0 Å². The molecule has 4 heteroatoms. The first-order chi connectivity index (χ1) is 9.58. The molecule has 0 fully saturated rings. The van der Waals surface area contributed by atoms with Crippen LogP contribution in [0.15, 0.2) is 59.5 Å². The minimum Gasteiger partial charge on any atom is -0.481 e. The predicted molar refractivity (Wildman–Crippen MR) is 79.0 cm³/mol. The molecule has 0 aromatic heterocycles. The quantitative estimate of drug-likeness (QED) is 0.919. The summed E-state index contributed by atoms with van der Waals surface area (Å²) in [4.78, 5) is 11.7. The first-order valence-electron chi connectivity index (χ1n) is 6.33. The number of carbonyl (C=O) groups is 1. The lowest BCUT2D eigenvalue weighted by atomic mass is 10.0. The zero-order valence-corrected chi connectivity index (χ0v) is 12.0. The van der Waals surface area contributed by atoms with E-state index in [9.17, 15) is 9.00 Å². The van der Waals surface area contributed by atoms with Crippen LogP contribution in [0.2, 0.25) is 0 Å². The summed E-state index contributed by atoms with van der Waals surface area (Å²) < 4.78 is 12.2. The highest BCUT2D eigenvalue weighted by Gasteiger charge is 2.13. The fraction of sp³-hybridized carbons (Fsp3) is 0.188. The van der Waals surface area contributed by atoms with E-state index < -0.39 is 22.7 Å². The molecule has 0 aliphatic carbocycles. The Morgan fingerprint density at radius 3 is 2.25 bits per heavy atom. The van der Waals surface area contributed by atoms with Gasteiger partial charge in [0.05, 0.1) is 22.5 Å². The van der Waals surface area contributed by atoms with Gasteiger partial charge in [-0.1, -0.05) is 42.5 Å². The molecule has 0 bridgehead atoms. The Morgan fingerprint density at radius 1 is 1.10 bits per heavy atom. The molecule has 0 amide bonds. The molecule has 3 nitrogen and oxygen atoms in total. The lowest BCUT2D eigenvalue weighted by Crippen LogP contribution is -2.07. The van der Waals surface area contributed by atoms with E-state index in [1.807, 2.05) is 42.5 Å². The van der Waals surface area contributed by atoms with Crippen molar-refractivity contribution in [2.75, 3.05) is 0 Å². The number of benzene rings is 2. The molecule has 0 aliphatic rings. The largest absolute Gasteiger partial charge is 0.481 e. The van der Waals surface area contributed by atoms with Crippen LogP contribution in [0.4, 0.5) is 0 Å². The normalized spacial score (nSPS) is 13.7. The maximum atomic E-state index is 12.2. The molecule has 1 N–H and O–H groups in total. The fourth-order valence-corrected chi connectivity index (χ4v) is 2.97. The number of rotatable bonds is 5. The van der Waals surface area contributed by atoms with Gasteiger partial charge in [0.15, 0.2) is 0 Å². The third kappa shape index (κ3) is 3.54. The Morgan fingerprint density at radius 2 is 1.70 bits per heavy atom. The number of aliphatic carboxylic acids is 1. The van der Waals surface area contributed by atoms with Crippen LogP contribution in [0.1, 0.15) is 24.0 Å². The maximum Gasteiger partial charge on any atom is 0.310 e. The zero-order chi connectivity index (χ0) is 14.5. The summed E-state index contributed by atoms with van der Waals surface area (Å²) in [5, 5.41) is 8.95. The van der Waals surface area contributed by atoms with Crippen molar-refractivity contribution in [1.82, 2.24) is 0 Å². The van der Waals surface area contributed by atoms with Crippen LogP contribution in [0.25, 0.3) is 0 Å². The molecule has 0 heterocycles. The highest BCUT2D eigenvalue weighted by Crippen LogP contribution is 2.18. The second-order valence-electron chi connectivity index (χ2n) is 4.60. The number of carboxylic acid groups (broad SMARTS) is 1. The zero-order valence-electron chi connectivity index (χ0n) is 11.2. The van der Waals surface area contributed by atoms with Crippen LogP contribution in [-0.4, -0.2) is 15.3 Å². The molecular formula is C16H16O3S. The lowest BCUT2D eigenvalue weighted by molar-refractivity contribution is -0.138. The molecule has 2 rings (SSSR count). The molecule has 20 heavy (non-hydrogen) atoms. The van der Waals surface area contributed by atoms with Crippen LogP contribution < -0.4 is 0 Å². The Bertz CT molecular complexity index is 605. The van der Waals surface area contributed by atoms with Crippen molar-refractivity contribution in [1.29, 1.82) is 0 Å². The van der Waals surface area contributed by atoms with Gasteiger partial charge in [-0.2, -0.15) is 0 Å². The van der Waals surface area contributed by atoms with Crippen molar-refractivity contribution < 1.29 is 14.1 Å². The first-order valence-corrected chi connectivity index (χ1v) is 7.65. The van der Waals surface area contributed by atoms with Gasteiger partial charge in [-0.25, -0.2) is 0 Å². The molecule has 0 saturated carbocycles. The van der Waals surface area contributed by atoms with Crippen molar-refractivity contribution in [2.24, 2.45) is 0 Å². The second kappa shape index (κ2) is 6.48. The maximum absolute atomic E-state index is 12.2. The lowest BCUT2D eigenvalue weighted by Gasteiger charge is -2.08. The van der Waals surface area contributed by atoms with Gasteiger partial charge in [0.1, 0.15) is 0 Å². The molecule has 0 spiro atoms. The Labute approximate surface area is 120 Å². The van der Waals surface area contributed by atoms with Crippen LogP contribution >= 0.6 is 0 Å². The minimum atomic E-state index is -1.08. The van der Waals surface area contributed by atoms with E-state index in [2.05, 4.69) is 0 Å². The highest BCUT2D eigenvalue weighted by molar-refractivity contribution is 7.84. The Hall–Kier alpha value is -1.94. The van der Waals surface area contributed by atoms with Crippen molar-refractivity contribution >= 4 is 16.8 Å². The molecule has 0 aliphatic heterocycles. The summed E-state index contributed by atoms with van der Waals surface area (Å²) in [5.74, 6) is -0.930. The van der Waals surface area contributed by atoms with Gasteiger partial charge in [-0.05, 0) is 30.2 Å². The van der Waals surface area contributed by atoms with Crippen LogP contribution in [0, 0.1) is 0 Å². The molecule has 2 unspecified atom stereocenters. The number of carboxylic acids is 1. The Balaban J connectivity index is 2.08. The summed E-state index contributed by atoms with van der Waals surface area (Å²) >= 11 is 0. The molecule has 0 saturated heterocycles. The van der Waals surface area contributed by atoms with Crippen molar-refractivity contribution in [3.05, 3.63) is 65.7 Å². The molecule has 104 valence electrons.